The number of nitrogens with zero attached hydrogens (tertiary/aromatic N) is 1. The van der Waals surface area contributed by atoms with Crippen LogP contribution in [0.3, 0.4) is 0 Å². The monoisotopic (exact) mass is 428 g/mol. The van der Waals surface area contributed by atoms with Crippen LogP contribution >= 0.6 is 0 Å². The first kappa shape index (κ1) is 22.5. The van der Waals surface area contributed by atoms with Crippen LogP contribution in [-0.4, -0.2) is 24.4 Å². The fourth-order valence-electron chi connectivity index (χ4n) is 5.34. The third-order valence-corrected chi connectivity index (χ3v) is 7.01. The molecular weight excluding hydrogens is 392 g/mol. The highest BCUT2D eigenvalue weighted by Gasteiger charge is 2.39. The Hall–Kier alpha value is -2.65. The van der Waals surface area contributed by atoms with E-state index in [9.17, 15) is 4.79 Å². The molecule has 0 bridgehead atoms. The first-order chi connectivity index (χ1) is 15.6. The van der Waals surface area contributed by atoms with E-state index in [0.29, 0.717) is 6.04 Å². The van der Waals surface area contributed by atoms with Crippen LogP contribution in [0, 0.1) is 0 Å². The Morgan fingerprint density at radius 3 is 2.34 bits per heavy atom. The third-order valence-electron chi connectivity index (χ3n) is 7.01. The number of carbonyl (C=O) groups is 1. The topological polar surface area (TPSA) is 46.3 Å². The van der Waals surface area contributed by atoms with Gasteiger partial charge in [-0.15, -0.1) is 0 Å². The molecule has 1 aliphatic carbocycles. The van der Waals surface area contributed by atoms with Crippen molar-refractivity contribution < 1.29 is 4.79 Å². The minimum Gasteiger partial charge on any atom is -0.368 e. The van der Waals surface area contributed by atoms with Gasteiger partial charge in [0, 0.05) is 29.9 Å². The van der Waals surface area contributed by atoms with Gasteiger partial charge in [-0.05, 0) is 48.6 Å². The molecule has 32 heavy (non-hydrogen) atoms. The Labute approximate surface area is 192 Å². The summed E-state index contributed by atoms with van der Waals surface area (Å²) in [6.45, 7) is 5.36. The molecule has 5 rings (SSSR count). The molecule has 3 aromatic carbocycles. The molecule has 1 heterocycles. The summed E-state index contributed by atoms with van der Waals surface area (Å²) in [5, 5.41) is 2.17. The van der Waals surface area contributed by atoms with Crippen LogP contribution in [-0.2, 0) is 0 Å². The summed E-state index contributed by atoms with van der Waals surface area (Å²) in [4.78, 5) is 15.9. The molecule has 0 amide bonds. The zero-order chi connectivity index (χ0) is 22.5. The molecule has 0 aromatic heterocycles. The van der Waals surface area contributed by atoms with Gasteiger partial charge in [0.25, 0.3) is 0 Å². The molecular formula is C29H36N2O. The molecule has 1 aliphatic heterocycles. The van der Waals surface area contributed by atoms with E-state index in [4.69, 9.17) is 5.73 Å². The summed E-state index contributed by atoms with van der Waals surface area (Å²) in [6.07, 6.45) is 7.74. The van der Waals surface area contributed by atoms with E-state index in [2.05, 4.69) is 55.1 Å². The van der Waals surface area contributed by atoms with E-state index in [1.54, 1.807) is 0 Å². The highest BCUT2D eigenvalue weighted by molar-refractivity contribution is 6.12. The van der Waals surface area contributed by atoms with E-state index >= 15 is 0 Å². The lowest BCUT2D eigenvalue weighted by Crippen LogP contribution is -2.34. The molecule has 0 spiro atoms. The van der Waals surface area contributed by atoms with Crippen LogP contribution in [0.25, 0.3) is 10.8 Å². The first-order valence-corrected chi connectivity index (χ1v) is 12.2. The maximum Gasteiger partial charge on any atom is 0.173 e. The highest BCUT2D eigenvalue weighted by atomic mass is 16.1. The van der Waals surface area contributed by atoms with Crippen LogP contribution in [0.5, 0.6) is 0 Å². The minimum absolute atomic E-state index is 0.103. The van der Waals surface area contributed by atoms with Gasteiger partial charge < -0.3 is 10.6 Å². The number of hydrogen-bond acceptors (Lipinski definition) is 3. The number of anilines is 1. The molecule has 0 radical (unpaired) electrons. The number of carbonyl (C=O) groups excluding carboxylic acids is 1. The summed E-state index contributed by atoms with van der Waals surface area (Å²) < 4.78 is 0. The highest BCUT2D eigenvalue weighted by Crippen LogP contribution is 2.43. The summed E-state index contributed by atoms with van der Waals surface area (Å²) in [7, 11) is 0. The van der Waals surface area contributed by atoms with Crippen LogP contribution in [0.4, 0.5) is 5.69 Å². The second-order valence-corrected chi connectivity index (χ2v) is 9.26. The Morgan fingerprint density at radius 2 is 1.62 bits per heavy atom. The number of ketones is 1. The Balaban J connectivity index is 0.000000300. The lowest BCUT2D eigenvalue weighted by molar-refractivity contribution is 0.0955. The van der Waals surface area contributed by atoms with Crippen molar-refractivity contribution in [2.45, 2.75) is 70.4 Å². The minimum atomic E-state index is -0.103. The van der Waals surface area contributed by atoms with Crippen molar-refractivity contribution in [3.63, 3.8) is 0 Å². The average Bonchev–Trinajstić information content (AvgIpc) is 3.11. The maximum atomic E-state index is 13.6. The van der Waals surface area contributed by atoms with E-state index in [1.165, 1.54) is 43.4 Å². The Kier molecular flexibility index (Phi) is 7.26. The van der Waals surface area contributed by atoms with Crippen LogP contribution < -0.4 is 10.6 Å². The zero-order valence-electron chi connectivity index (χ0n) is 19.5. The number of fused-ring (bicyclic) bond motifs is 2. The quantitative estimate of drug-likeness (QED) is 0.470. The standard InChI is InChI=1S/C23H23NO.C6H13N/c1-3-15-24-16(2)22(20-12-6-7-14-21(20)24)23(25)19-13-8-10-17-9-4-5-11-18(17)19;7-6-4-2-1-3-5-6/h4-14,16,22H,3,15H2,1-2H3;6H,1-5,7H2. The summed E-state index contributed by atoms with van der Waals surface area (Å²) in [5.74, 6) is 0.129. The van der Waals surface area contributed by atoms with Gasteiger partial charge in [-0.1, -0.05) is 86.8 Å². The van der Waals surface area contributed by atoms with Crippen molar-refractivity contribution in [2.24, 2.45) is 5.73 Å². The van der Waals surface area contributed by atoms with Crippen molar-refractivity contribution >= 4 is 22.2 Å². The predicted molar refractivity (Wildman–Crippen MR) is 136 cm³/mol. The van der Waals surface area contributed by atoms with Gasteiger partial charge in [0.1, 0.15) is 0 Å². The predicted octanol–water partition coefficient (Wildman–Crippen LogP) is 6.70. The number of para-hydroxylation sites is 1. The summed E-state index contributed by atoms with van der Waals surface area (Å²) in [6, 6.07) is 23.3. The molecule has 2 aliphatic rings. The molecule has 0 saturated heterocycles. The van der Waals surface area contributed by atoms with Gasteiger partial charge in [0.05, 0.1) is 5.92 Å². The molecule has 3 aromatic rings. The lowest BCUT2D eigenvalue weighted by atomic mass is 9.86. The number of rotatable bonds is 4. The molecule has 2 unspecified atom stereocenters. The van der Waals surface area contributed by atoms with Crippen molar-refractivity contribution in [3.8, 4) is 0 Å². The second kappa shape index (κ2) is 10.3. The normalized spacial score (nSPS) is 20.5. The molecule has 1 fully saturated rings. The number of nitrogens with two attached hydrogens (primary N) is 1. The molecule has 1 saturated carbocycles. The van der Waals surface area contributed by atoms with Gasteiger partial charge >= 0.3 is 0 Å². The fraction of sp³-hybridized carbons (Fsp3) is 0.414. The van der Waals surface area contributed by atoms with Crippen molar-refractivity contribution in [2.75, 3.05) is 11.4 Å². The maximum absolute atomic E-state index is 13.6. The van der Waals surface area contributed by atoms with Gasteiger partial charge in [0.2, 0.25) is 0 Å². The third kappa shape index (κ3) is 4.59. The average molecular weight is 429 g/mol. The van der Waals surface area contributed by atoms with Crippen molar-refractivity contribution in [1.29, 1.82) is 0 Å². The molecule has 2 atom stereocenters. The largest absolute Gasteiger partial charge is 0.368 e. The number of Topliss-reactive ketones (excluding diaryl/α,β-unsaturated/α-hetero) is 1. The smallest absolute Gasteiger partial charge is 0.173 e. The van der Waals surface area contributed by atoms with Crippen molar-refractivity contribution in [1.82, 2.24) is 0 Å². The van der Waals surface area contributed by atoms with Crippen LogP contribution in [0.2, 0.25) is 0 Å². The van der Waals surface area contributed by atoms with Crippen molar-refractivity contribution in [3.05, 3.63) is 77.9 Å². The molecule has 3 nitrogen and oxygen atoms in total. The fourth-order valence-corrected chi connectivity index (χ4v) is 5.34. The molecule has 3 heteroatoms. The molecule has 2 N–H and O–H groups in total. The second-order valence-electron chi connectivity index (χ2n) is 9.26. The van der Waals surface area contributed by atoms with Gasteiger partial charge in [0.15, 0.2) is 5.78 Å². The number of hydrogen-bond donors (Lipinski definition) is 1. The first-order valence-electron chi connectivity index (χ1n) is 12.2. The van der Waals surface area contributed by atoms with Crippen LogP contribution in [0.15, 0.2) is 66.7 Å². The van der Waals surface area contributed by atoms with Crippen LogP contribution in [0.1, 0.15) is 74.2 Å². The molecule has 168 valence electrons. The Morgan fingerprint density at radius 1 is 0.938 bits per heavy atom. The SMILES string of the molecule is CCCN1c2ccccc2C(C(=O)c2cccc3ccccc23)C1C.NC1CCCCC1. The zero-order valence-corrected chi connectivity index (χ0v) is 19.5. The van der Waals surface area contributed by atoms with E-state index in [1.807, 2.05) is 30.3 Å². The van der Waals surface area contributed by atoms with Gasteiger partial charge in [-0.2, -0.15) is 0 Å². The van der Waals surface area contributed by atoms with E-state index in [0.717, 1.165) is 29.3 Å². The summed E-state index contributed by atoms with van der Waals surface area (Å²) in [5.41, 5.74) is 8.86. The Bertz CT molecular complexity index is 1050. The van der Waals surface area contributed by atoms with E-state index < -0.39 is 0 Å². The summed E-state index contributed by atoms with van der Waals surface area (Å²) >= 11 is 0. The van der Waals surface area contributed by atoms with Gasteiger partial charge in [-0.3, -0.25) is 4.79 Å². The number of benzene rings is 3. The van der Waals surface area contributed by atoms with E-state index in [-0.39, 0.29) is 17.7 Å². The van der Waals surface area contributed by atoms with Gasteiger partial charge in [-0.25, -0.2) is 0 Å². The lowest BCUT2D eigenvalue weighted by Gasteiger charge is -2.26.